The quantitative estimate of drug-likeness (QED) is 0.826. The van der Waals surface area contributed by atoms with Gasteiger partial charge in [-0.05, 0) is 31.0 Å². The molecule has 1 aliphatic rings. The smallest absolute Gasteiger partial charge is 0.123 e. The van der Waals surface area contributed by atoms with Crippen molar-refractivity contribution in [3.63, 3.8) is 0 Å². The number of nitriles is 1. The topological polar surface area (TPSA) is 39.9 Å². The standard InChI is InChI=1S/C14H13N3S/c15-10-12-9-11(14-16-5-8-18-14)3-4-13(12)17-6-1-2-7-17/h3-5,8-9H,1-2,6-7H2. The average molecular weight is 255 g/mol. The lowest BCUT2D eigenvalue weighted by Gasteiger charge is -2.19. The first-order chi connectivity index (χ1) is 8.88. The number of anilines is 1. The lowest BCUT2D eigenvalue weighted by molar-refractivity contribution is 0.949. The van der Waals surface area contributed by atoms with Crippen LogP contribution in [0.5, 0.6) is 0 Å². The van der Waals surface area contributed by atoms with Gasteiger partial charge in [0.15, 0.2) is 0 Å². The highest BCUT2D eigenvalue weighted by Crippen LogP contribution is 2.29. The highest BCUT2D eigenvalue weighted by Gasteiger charge is 2.16. The molecule has 18 heavy (non-hydrogen) atoms. The van der Waals surface area contributed by atoms with Gasteiger partial charge >= 0.3 is 0 Å². The SMILES string of the molecule is N#Cc1cc(-c2nccs2)ccc1N1CCCC1. The first-order valence-electron chi connectivity index (χ1n) is 6.07. The summed E-state index contributed by atoms with van der Waals surface area (Å²) >= 11 is 1.60. The van der Waals surface area contributed by atoms with E-state index >= 15 is 0 Å². The van der Waals surface area contributed by atoms with E-state index in [-0.39, 0.29) is 0 Å². The third-order valence-corrected chi connectivity index (χ3v) is 4.07. The molecular formula is C14H13N3S. The van der Waals surface area contributed by atoms with Crippen LogP contribution < -0.4 is 4.90 Å². The summed E-state index contributed by atoms with van der Waals surface area (Å²) in [6.45, 7) is 2.12. The molecule has 2 aromatic rings. The van der Waals surface area contributed by atoms with Crippen LogP contribution in [0.4, 0.5) is 5.69 Å². The summed E-state index contributed by atoms with van der Waals surface area (Å²) in [6.07, 6.45) is 4.23. The third kappa shape index (κ3) is 1.98. The maximum absolute atomic E-state index is 9.31. The molecule has 3 nitrogen and oxygen atoms in total. The lowest BCUT2D eigenvalue weighted by atomic mass is 10.1. The third-order valence-electron chi connectivity index (χ3n) is 3.24. The number of thiazole rings is 1. The summed E-state index contributed by atoms with van der Waals surface area (Å²) in [6, 6.07) is 8.38. The zero-order valence-electron chi connectivity index (χ0n) is 9.97. The van der Waals surface area contributed by atoms with Crippen molar-refractivity contribution in [3.05, 3.63) is 35.3 Å². The molecule has 0 N–H and O–H groups in total. The Kier molecular flexibility index (Phi) is 2.99. The predicted molar refractivity (Wildman–Crippen MR) is 73.7 cm³/mol. The Labute approximate surface area is 110 Å². The van der Waals surface area contributed by atoms with Crippen LogP contribution in [0.2, 0.25) is 0 Å². The minimum atomic E-state index is 0.754. The van der Waals surface area contributed by atoms with Gasteiger partial charge < -0.3 is 4.90 Å². The molecule has 2 heterocycles. The number of aromatic nitrogens is 1. The molecule has 1 saturated heterocycles. The van der Waals surface area contributed by atoms with Gasteiger partial charge in [-0.3, -0.25) is 0 Å². The normalized spacial score (nSPS) is 14.7. The molecule has 0 aliphatic carbocycles. The first-order valence-corrected chi connectivity index (χ1v) is 6.95. The van der Waals surface area contributed by atoms with E-state index in [9.17, 15) is 5.26 Å². The molecule has 0 bridgehead atoms. The summed E-state index contributed by atoms with van der Waals surface area (Å²) < 4.78 is 0. The van der Waals surface area contributed by atoms with Gasteiger partial charge in [-0.25, -0.2) is 4.98 Å². The molecule has 4 heteroatoms. The highest BCUT2D eigenvalue weighted by atomic mass is 32.1. The maximum Gasteiger partial charge on any atom is 0.123 e. The fourth-order valence-corrected chi connectivity index (χ4v) is 2.99. The minimum Gasteiger partial charge on any atom is -0.370 e. The Morgan fingerprint density at radius 1 is 1.28 bits per heavy atom. The van der Waals surface area contributed by atoms with Gasteiger partial charge in [-0.2, -0.15) is 5.26 Å². The molecule has 1 fully saturated rings. The van der Waals surface area contributed by atoms with Crippen LogP contribution in [0.3, 0.4) is 0 Å². The van der Waals surface area contributed by atoms with Crippen molar-refractivity contribution < 1.29 is 0 Å². The first kappa shape index (κ1) is 11.2. The Hall–Kier alpha value is -1.86. The Balaban J connectivity index is 2.00. The van der Waals surface area contributed by atoms with Crippen LogP contribution in [-0.2, 0) is 0 Å². The Morgan fingerprint density at radius 3 is 2.78 bits per heavy atom. The monoisotopic (exact) mass is 255 g/mol. The molecule has 3 rings (SSSR count). The number of hydrogen-bond acceptors (Lipinski definition) is 4. The van der Waals surface area contributed by atoms with Gasteiger partial charge in [0.05, 0.1) is 11.3 Å². The van der Waals surface area contributed by atoms with Crippen molar-refractivity contribution in [1.29, 1.82) is 5.26 Å². The molecule has 1 aromatic carbocycles. The number of benzene rings is 1. The van der Waals surface area contributed by atoms with Crippen molar-refractivity contribution in [3.8, 4) is 16.6 Å². The Morgan fingerprint density at radius 2 is 2.11 bits per heavy atom. The Bertz CT molecular complexity index is 578. The molecule has 90 valence electrons. The van der Waals surface area contributed by atoms with Gasteiger partial charge in [0, 0.05) is 30.2 Å². The van der Waals surface area contributed by atoms with Gasteiger partial charge in [0.2, 0.25) is 0 Å². The van der Waals surface area contributed by atoms with E-state index in [4.69, 9.17) is 0 Å². The van der Waals surface area contributed by atoms with Gasteiger partial charge in [-0.1, -0.05) is 0 Å². The molecule has 0 spiro atoms. The molecule has 0 radical (unpaired) electrons. The molecule has 1 aromatic heterocycles. The highest BCUT2D eigenvalue weighted by molar-refractivity contribution is 7.13. The molecule has 0 atom stereocenters. The van der Waals surface area contributed by atoms with Gasteiger partial charge in [0.1, 0.15) is 11.1 Å². The van der Waals surface area contributed by atoms with E-state index in [2.05, 4.69) is 28.1 Å². The summed E-state index contributed by atoms with van der Waals surface area (Å²) in [5.74, 6) is 0. The fourth-order valence-electron chi connectivity index (χ4n) is 2.36. The van der Waals surface area contributed by atoms with E-state index in [1.165, 1.54) is 12.8 Å². The van der Waals surface area contributed by atoms with Crippen molar-refractivity contribution >= 4 is 17.0 Å². The van der Waals surface area contributed by atoms with Crippen molar-refractivity contribution in [2.75, 3.05) is 18.0 Å². The maximum atomic E-state index is 9.31. The molecule has 0 saturated carbocycles. The number of nitrogens with zero attached hydrogens (tertiary/aromatic N) is 3. The fraction of sp³-hybridized carbons (Fsp3) is 0.286. The number of rotatable bonds is 2. The summed E-state index contributed by atoms with van der Waals surface area (Å²) in [5.41, 5.74) is 2.85. The second-order valence-electron chi connectivity index (χ2n) is 4.38. The lowest BCUT2D eigenvalue weighted by Crippen LogP contribution is -2.18. The molecule has 1 aliphatic heterocycles. The molecule has 0 unspecified atom stereocenters. The van der Waals surface area contributed by atoms with Gasteiger partial charge in [0.25, 0.3) is 0 Å². The van der Waals surface area contributed by atoms with Gasteiger partial charge in [-0.15, -0.1) is 11.3 Å². The second kappa shape index (κ2) is 4.79. The van der Waals surface area contributed by atoms with E-state index < -0.39 is 0 Å². The van der Waals surface area contributed by atoms with Crippen LogP contribution >= 0.6 is 11.3 Å². The average Bonchev–Trinajstić information content (AvgIpc) is 3.11. The number of hydrogen-bond donors (Lipinski definition) is 0. The van der Waals surface area contributed by atoms with E-state index in [0.717, 1.165) is 34.9 Å². The predicted octanol–water partition coefficient (Wildman–Crippen LogP) is 3.28. The van der Waals surface area contributed by atoms with E-state index in [0.29, 0.717) is 0 Å². The summed E-state index contributed by atoms with van der Waals surface area (Å²) in [4.78, 5) is 6.58. The zero-order chi connectivity index (χ0) is 12.4. The summed E-state index contributed by atoms with van der Waals surface area (Å²) in [7, 11) is 0. The molecule has 0 amide bonds. The van der Waals surface area contributed by atoms with Crippen LogP contribution in [0.15, 0.2) is 29.8 Å². The van der Waals surface area contributed by atoms with Crippen molar-refractivity contribution in [1.82, 2.24) is 4.98 Å². The van der Waals surface area contributed by atoms with Crippen molar-refractivity contribution in [2.24, 2.45) is 0 Å². The van der Waals surface area contributed by atoms with E-state index in [1.807, 2.05) is 11.4 Å². The summed E-state index contributed by atoms with van der Waals surface area (Å²) in [5, 5.41) is 12.2. The van der Waals surface area contributed by atoms with Crippen LogP contribution in [0.25, 0.3) is 10.6 Å². The van der Waals surface area contributed by atoms with Crippen LogP contribution in [0, 0.1) is 11.3 Å². The minimum absolute atomic E-state index is 0.754. The van der Waals surface area contributed by atoms with E-state index in [1.54, 1.807) is 17.5 Å². The second-order valence-corrected chi connectivity index (χ2v) is 5.27. The largest absolute Gasteiger partial charge is 0.370 e. The van der Waals surface area contributed by atoms with Crippen LogP contribution in [0.1, 0.15) is 18.4 Å². The molecular weight excluding hydrogens is 242 g/mol. The zero-order valence-corrected chi connectivity index (χ0v) is 10.8. The van der Waals surface area contributed by atoms with Crippen LogP contribution in [-0.4, -0.2) is 18.1 Å². The van der Waals surface area contributed by atoms with Crippen molar-refractivity contribution in [2.45, 2.75) is 12.8 Å².